The fourth-order valence-corrected chi connectivity index (χ4v) is 3.98. The zero-order valence-corrected chi connectivity index (χ0v) is 12.5. The van der Waals surface area contributed by atoms with Crippen LogP contribution in [0.3, 0.4) is 0 Å². The van der Waals surface area contributed by atoms with Crippen LogP contribution < -0.4 is 0 Å². The van der Waals surface area contributed by atoms with Crippen LogP contribution in [-0.2, 0) is 6.42 Å². The lowest BCUT2D eigenvalue weighted by Crippen LogP contribution is -2.18. The molecule has 1 saturated heterocycles. The quantitative estimate of drug-likeness (QED) is 0.676. The molecule has 1 fully saturated rings. The Morgan fingerprint density at radius 1 is 1.37 bits per heavy atom. The molecule has 104 valence electrons. The van der Waals surface area contributed by atoms with Gasteiger partial charge in [0.05, 0.1) is 0 Å². The number of hydrogen-bond acceptors (Lipinski definition) is 1. The van der Waals surface area contributed by atoms with Gasteiger partial charge >= 0.3 is 0 Å². The van der Waals surface area contributed by atoms with Crippen molar-refractivity contribution in [3.8, 4) is 0 Å². The van der Waals surface area contributed by atoms with E-state index in [1.807, 2.05) is 12.1 Å². The third kappa shape index (κ3) is 4.68. The molecule has 0 bridgehead atoms. The van der Waals surface area contributed by atoms with E-state index in [1.54, 1.807) is 0 Å². The van der Waals surface area contributed by atoms with Crippen LogP contribution in [0.2, 0.25) is 0 Å². The summed E-state index contributed by atoms with van der Waals surface area (Å²) in [5, 5.41) is 0. The van der Waals surface area contributed by atoms with Crippen LogP contribution >= 0.6 is 11.8 Å². The van der Waals surface area contributed by atoms with E-state index in [0.29, 0.717) is 5.92 Å². The van der Waals surface area contributed by atoms with Crippen molar-refractivity contribution < 1.29 is 4.39 Å². The lowest BCUT2D eigenvalue weighted by atomic mass is 9.87. The van der Waals surface area contributed by atoms with Crippen LogP contribution in [0.1, 0.15) is 31.7 Å². The fraction of sp³-hybridized carbons (Fsp3) is 0.529. The van der Waals surface area contributed by atoms with Gasteiger partial charge in [-0.1, -0.05) is 31.2 Å². The minimum Gasteiger partial charge on any atom is -0.207 e. The number of rotatable bonds is 5. The predicted octanol–water partition coefficient (Wildman–Crippen LogP) is 5.09. The first-order valence-electron chi connectivity index (χ1n) is 7.28. The molecule has 19 heavy (non-hydrogen) atoms. The minimum atomic E-state index is -0.154. The molecule has 2 atom stereocenters. The van der Waals surface area contributed by atoms with E-state index in [9.17, 15) is 4.39 Å². The Labute approximate surface area is 120 Å². The Morgan fingerprint density at radius 3 is 2.79 bits per heavy atom. The van der Waals surface area contributed by atoms with Crippen molar-refractivity contribution in [2.75, 3.05) is 11.5 Å². The summed E-state index contributed by atoms with van der Waals surface area (Å²) >= 11 is 2.10. The maximum absolute atomic E-state index is 12.8. The van der Waals surface area contributed by atoms with E-state index in [2.05, 4.69) is 30.8 Å². The second-order valence-corrected chi connectivity index (χ2v) is 6.46. The Balaban J connectivity index is 1.86. The average molecular weight is 278 g/mol. The highest BCUT2D eigenvalue weighted by Crippen LogP contribution is 2.31. The fourth-order valence-electron chi connectivity index (χ4n) is 2.73. The van der Waals surface area contributed by atoms with Crippen LogP contribution in [0.15, 0.2) is 36.4 Å². The summed E-state index contributed by atoms with van der Waals surface area (Å²) in [5.74, 6) is 4.07. The highest BCUT2D eigenvalue weighted by Gasteiger charge is 2.20. The molecular weight excluding hydrogens is 255 g/mol. The van der Waals surface area contributed by atoms with Crippen molar-refractivity contribution in [1.82, 2.24) is 0 Å². The van der Waals surface area contributed by atoms with Gasteiger partial charge in [-0.05, 0) is 66.7 Å². The average Bonchev–Trinajstić information content (AvgIpc) is 2.46. The number of allylic oxidation sites excluding steroid dienone is 2. The number of halogens is 1. The number of benzene rings is 1. The summed E-state index contributed by atoms with van der Waals surface area (Å²) in [7, 11) is 0. The first-order chi connectivity index (χ1) is 9.29. The van der Waals surface area contributed by atoms with E-state index < -0.39 is 0 Å². The van der Waals surface area contributed by atoms with Gasteiger partial charge < -0.3 is 0 Å². The van der Waals surface area contributed by atoms with Gasteiger partial charge in [0.2, 0.25) is 0 Å². The minimum absolute atomic E-state index is 0.154. The van der Waals surface area contributed by atoms with E-state index in [1.165, 1.54) is 48.5 Å². The van der Waals surface area contributed by atoms with Gasteiger partial charge in [0, 0.05) is 0 Å². The summed E-state index contributed by atoms with van der Waals surface area (Å²) in [6, 6.07) is 6.82. The van der Waals surface area contributed by atoms with E-state index >= 15 is 0 Å². The van der Waals surface area contributed by atoms with Crippen molar-refractivity contribution in [1.29, 1.82) is 0 Å². The van der Waals surface area contributed by atoms with Crippen molar-refractivity contribution >= 4 is 11.8 Å². The first-order valence-corrected chi connectivity index (χ1v) is 8.44. The van der Waals surface area contributed by atoms with E-state index in [-0.39, 0.29) is 5.82 Å². The van der Waals surface area contributed by atoms with Gasteiger partial charge in [0.15, 0.2) is 0 Å². The lowest BCUT2D eigenvalue weighted by molar-refractivity contribution is 0.388. The molecule has 0 aliphatic carbocycles. The largest absolute Gasteiger partial charge is 0.207 e. The Bertz CT molecular complexity index is 390. The highest BCUT2D eigenvalue weighted by atomic mass is 32.2. The van der Waals surface area contributed by atoms with Crippen molar-refractivity contribution in [3.05, 3.63) is 47.8 Å². The van der Waals surface area contributed by atoms with Crippen LogP contribution in [0.25, 0.3) is 0 Å². The molecule has 0 aromatic heterocycles. The molecule has 0 N–H and O–H groups in total. The predicted molar refractivity (Wildman–Crippen MR) is 83.1 cm³/mol. The van der Waals surface area contributed by atoms with Gasteiger partial charge in [-0.25, -0.2) is 4.39 Å². The van der Waals surface area contributed by atoms with E-state index in [0.717, 1.165) is 12.3 Å². The lowest BCUT2D eigenvalue weighted by Gasteiger charge is -2.27. The maximum Gasteiger partial charge on any atom is 0.123 e. The monoisotopic (exact) mass is 278 g/mol. The zero-order valence-electron chi connectivity index (χ0n) is 11.6. The Kier molecular flexibility index (Phi) is 5.96. The Hall–Kier alpha value is -0.760. The van der Waals surface area contributed by atoms with E-state index in [4.69, 9.17) is 0 Å². The smallest absolute Gasteiger partial charge is 0.123 e. The summed E-state index contributed by atoms with van der Waals surface area (Å²) in [6.45, 7) is 2.28. The van der Waals surface area contributed by atoms with Crippen LogP contribution in [0, 0.1) is 17.7 Å². The zero-order chi connectivity index (χ0) is 13.5. The number of hydrogen-bond donors (Lipinski definition) is 0. The molecule has 0 radical (unpaired) electrons. The third-order valence-electron chi connectivity index (χ3n) is 3.92. The molecule has 1 aromatic rings. The number of thioether (sulfide) groups is 1. The van der Waals surface area contributed by atoms with Gasteiger partial charge in [-0.15, -0.1) is 0 Å². The molecule has 0 spiro atoms. The molecule has 0 saturated carbocycles. The van der Waals surface area contributed by atoms with Crippen molar-refractivity contribution in [3.63, 3.8) is 0 Å². The normalized spacial score (nSPS) is 21.7. The molecule has 2 heteroatoms. The second kappa shape index (κ2) is 7.74. The third-order valence-corrected chi connectivity index (χ3v) is 5.16. The van der Waals surface area contributed by atoms with Gasteiger partial charge in [0.25, 0.3) is 0 Å². The van der Waals surface area contributed by atoms with Crippen LogP contribution in [0.4, 0.5) is 4.39 Å². The van der Waals surface area contributed by atoms with Crippen molar-refractivity contribution in [2.24, 2.45) is 11.8 Å². The first kappa shape index (κ1) is 14.6. The molecule has 2 rings (SSSR count). The summed E-state index contributed by atoms with van der Waals surface area (Å²) in [6.07, 6.45) is 9.55. The maximum atomic E-state index is 12.8. The standard InChI is InChI=1S/C17H23FS/c1-2-15(16-7-4-12-19-13-16)6-3-5-14-8-10-17(18)11-9-14/h3,6,8-11,15-16H,2,4-5,7,12-13H2,1H3. The topological polar surface area (TPSA) is 0 Å². The SMILES string of the molecule is CCC(C=CCc1ccc(F)cc1)C1CCCSC1. The summed E-state index contributed by atoms with van der Waals surface area (Å²) in [5.41, 5.74) is 1.19. The molecule has 0 amide bonds. The van der Waals surface area contributed by atoms with Crippen LogP contribution in [0.5, 0.6) is 0 Å². The van der Waals surface area contributed by atoms with Gasteiger partial charge in [0.1, 0.15) is 5.82 Å². The molecule has 1 aromatic carbocycles. The second-order valence-electron chi connectivity index (χ2n) is 5.31. The molecule has 1 aliphatic heterocycles. The van der Waals surface area contributed by atoms with Crippen molar-refractivity contribution in [2.45, 2.75) is 32.6 Å². The van der Waals surface area contributed by atoms with Crippen LogP contribution in [-0.4, -0.2) is 11.5 Å². The highest BCUT2D eigenvalue weighted by molar-refractivity contribution is 7.99. The molecule has 0 nitrogen and oxygen atoms in total. The molecule has 1 aliphatic rings. The summed E-state index contributed by atoms with van der Waals surface area (Å²) < 4.78 is 12.8. The Morgan fingerprint density at radius 2 is 2.16 bits per heavy atom. The molecular formula is C17H23FS. The van der Waals surface area contributed by atoms with Gasteiger partial charge in [-0.3, -0.25) is 0 Å². The molecule has 2 unspecified atom stereocenters. The summed E-state index contributed by atoms with van der Waals surface area (Å²) in [4.78, 5) is 0. The molecule has 1 heterocycles. The van der Waals surface area contributed by atoms with Gasteiger partial charge in [-0.2, -0.15) is 11.8 Å².